The van der Waals surface area contributed by atoms with E-state index in [2.05, 4.69) is 27.4 Å². The number of rotatable bonds is 5. The molecule has 1 aliphatic rings. The zero-order valence-corrected chi connectivity index (χ0v) is 11.6. The SMILES string of the molecule is C=C(CC(CC)C(=O)O)C1CCC(C)C1(C)C. The highest BCUT2D eigenvalue weighted by Gasteiger charge is 2.41. The predicted octanol–water partition coefficient (Wildman–Crippen LogP) is 4.12. The average molecular weight is 238 g/mol. The van der Waals surface area contributed by atoms with Crippen LogP contribution < -0.4 is 0 Å². The van der Waals surface area contributed by atoms with Crippen LogP contribution in [-0.4, -0.2) is 11.1 Å². The maximum Gasteiger partial charge on any atom is 0.306 e. The minimum absolute atomic E-state index is 0.255. The maximum atomic E-state index is 11.1. The number of aliphatic carboxylic acids is 1. The molecule has 1 aliphatic carbocycles. The largest absolute Gasteiger partial charge is 0.481 e. The fourth-order valence-corrected chi connectivity index (χ4v) is 3.10. The molecule has 0 spiro atoms. The van der Waals surface area contributed by atoms with Gasteiger partial charge in [-0.25, -0.2) is 0 Å². The van der Waals surface area contributed by atoms with E-state index in [0.717, 1.165) is 5.57 Å². The minimum atomic E-state index is -0.683. The van der Waals surface area contributed by atoms with E-state index < -0.39 is 5.97 Å². The first-order valence-corrected chi connectivity index (χ1v) is 6.71. The molecule has 0 aromatic carbocycles. The summed E-state index contributed by atoms with van der Waals surface area (Å²) < 4.78 is 0. The highest BCUT2D eigenvalue weighted by atomic mass is 16.4. The Morgan fingerprint density at radius 1 is 1.47 bits per heavy atom. The first-order valence-electron chi connectivity index (χ1n) is 6.71. The summed E-state index contributed by atoms with van der Waals surface area (Å²) >= 11 is 0. The quantitative estimate of drug-likeness (QED) is 0.732. The molecule has 0 bridgehead atoms. The Bertz CT molecular complexity index is 304. The zero-order valence-electron chi connectivity index (χ0n) is 11.6. The van der Waals surface area contributed by atoms with Crippen LogP contribution in [0.4, 0.5) is 0 Å². The van der Waals surface area contributed by atoms with Crippen molar-refractivity contribution in [1.29, 1.82) is 0 Å². The van der Waals surface area contributed by atoms with Gasteiger partial charge in [0.15, 0.2) is 0 Å². The summed E-state index contributed by atoms with van der Waals surface area (Å²) in [5.74, 6) is 0.256. The first-order chi connectivity index (χ1) is 7.80. The average Bonchev–Trinajstić information content (AvgIpc) is 2.50. The summed E-state index contributed by atoms with van der Waals surface area (Å²) in [6, 6.07) is 0. The van der Waals surface area contributed by atoms with Gasteiger partial charge >= 0.3 is 5.97 Å². The Balaban J connectivity index is 2.68. The Morgan fingerprint density at radius 3 is 2.41 bits per heavy atom. The lowest BCUT2D eigenvalue weighted by Gasteiger charge is -2.33. The molecule has 2 nitrogen and oxygen atoms in total. The molecule has 1 fully saturated rings. The van der Waals surface area contributed by atoms with Gasteiger partial charge in [0.1, 0.15) is 0 Å². The van der Waals surface area contributed by atoms with Crippen molar-refractivity contribution in [3.8, 4) is 0 Å². The molecule has 1 rings (SSSR count). The van der Waals surface area contributed by atoms with E-state index in [1.165, 1.54) is 12.8 Å². The van der Waals surface area contributed by atoms with Crippen LogP contribution in [0.1, 0.15) is 53.4 Å². The second kappa shape index (κ2) is 5.24. The van der Waals surface area contributed by atoms with Gasteiger partial charge in [0.25, 0.3) is 0 Å². The van der Waals surface area contributed by atoms with Crippen LogP contribution >= 0.6 is 0 Å². The third-order valence-electron chi connectivity index (χ3n) is 4.90. The van der Waals surface area contributed by atoms with Gasteiger partial charge in [-0.2, -0.15) is 0 Å². The van der Waals surface area contributed by atoms with Gasteiger partial charge in [-0.1, -0.05) is 39.8 Å². The van der Waals surface area contributed by atoms with Crippen molar-refractivity contribution < 1.29 is 9.90 Å². The molecular weight excluding hydrogens is 212 g/mol. The number of carboxylic acids is 1. The van der Waals surface area contributed by atoms with Gasteiger partial charge in [-0.3, -0.25) is 4.79 Å². The molecule has 17 heavy (non-hydrogen) atoms. The van der Waals surface area contributed by atoms with Gasteiger partial charge in [-0.15, -0.1) is 0 Å². The van der Waals surface area contributed by atoms with Crippen molar-refractivity contribution in [2.45, 2.75) is 53.4 Å². The van der Waals surface area contributed by atoms with Crippen LogP contribution in [0.15, 0.2) is 12.2 Å². The molecule has 98 valence electrons. The van der Waals surface area contributed by atoms with E-state index in [0.29, 0.717) is 24.7 Å². The second-order valence-corrected chi connectivity index (χ2v) is 6.16. The highest BCUT2D eigenvalue weighted by molar-refractivity contribution is 5.70. The molecule has 0 aromatic rings. The van der Waals surface area contributed by atoms with Crippen molar-refractivity contribution in [2.24, 2.45) is 23.2 Å². The monoisotopic (exact) mass is 238 g/mol. The van der Waals surface area contributed by atoms with Gasteiger partial charge in [0, 0.05) is 0 Å². The number of hydrogen-bond donors (Lipinski definition) is 1. The van der Waals surface area contributed by atoms with Gasteiger partial charge < -0.3 is 5.11 Å². The predicted molar refractivity (Wildman–Crippen MR) is 70.8 cm³/mol. The van der Waals surface area contributed by atoms with Crippen molar-refractivity contribution in [2.75, 3.05) is 0 Å². The molecule has 1 N–H and O–H groups in total. The van der Waals surface area contributed by atoms with E-state index in [1.807, 2.05) is 6.92 Å². The molecule has 0 saturated heterocycles. The van der Waals surface area contributed by atoms with Crippen LogP contribution in [0.2, 0.25) is 0 Å². The van der Waals surface area contributed by atoms with E-state index in [9.17, 15) is 4.79 Å². The lowest BCUT2D eigenvalue weighted by molar-refractivity contribution is -0.141. The Labute approximate surface area is 105 Å². The Morgan fingerprint density at radius 2 is 2.06 bits per heavy atom. The fourth-order valence-electron chi connectivity index (χ4n) is 3.10. The van der Waals surface area contributed by atoms with E-state index in [-0.39, 0.29) is 11.3 Å². The van der Waals surface area contributed by atoms with E-state index in [4.69, 9.17) is 5.11 Å². The Hall–Kier alpha value is -0.790. The summed E-state index contributed by atoms with van der Waals surface area (Å²) in [5, 5.41) is 9.11. The third-order valence-corrected chi connectivity index (χ3v) is 4.90. The highest BCUT2D eigenvalue weighted by Crippen LogP contribution is 2.50. The van der Waals surface area contributed by atoms with Crippen molar-refractivity contribution in [3.05, 3.63) is 12.2 Å². The summed E-state index contributed by atoms with van der Waals surface area (Å²) in [6.07, 6.45) is 3.74. The molecular formula is C15H26O2. The van der Waals surface area contributed by atoms with Gasteiger partial charge in [0.2, 0.25) is 0 Å². The summed E-state index contributed by atoms with van der Waals surface area (Å²) in [7, 11) is 0. The van der Waals surface area contributed by atoms with Gasteiger partial charge in [-0.05, 0) is 42.9 Å². The molecule has 0 heterocycles. The summed E-state index contributed by atoms with van der Waals surface area (Å²) in [5.41, 5.74) is 1.42. The number of allylic oxidation sites excluding steroid dienone is 1. The van der Waals surface area contributed by atoms with Crippen LogP contribution in [0.25, 0.3) is 0 Å². The second-order valence-electron chi connectivity index (χ2n) is 6.16. The van der Waals surface area contributed by atoms with Gasteiger partial charge in [0.05, 0.1) is 5.92 Å². The molecule has 3 unspecified atom stereocenters. The molecule has 0 aliphatic heterocycles. The van der Waals surface area contributed by atoms with Crippen LogP contribution in [0, 0.1) is 23.2 Å². The van der Waals surface area contributed by atoms with Crippen molar-refractivity contribution in [1.82, 2.24) is 0 Å². The molecule has 0 radical (unpaired) electrons. The smallest absolute Gasteiger partial charge is 0.306 e. The zero-order chi connectivity index (χ0) is 13.2. The van der Waals surface area contributed by atoms with E-state index >= 15 is 0 Å². The lowest BCUT2D eigenvalue weighted by Crippen LogP contribution is -2.26. The van der Waals surface area contributed by atoms with Crippen LogP contribution in [-0.2, 0) is 4.79 Å². The number of carboxylic acid groups (broad SMARTS) is 1. The summed E-state index contributed by atoms with van der Waals surface area (Å²) in [6.45, 7) is 13.0. The lowest BCUT2D eigenvalue weighted by atomic mass is 9.72. The van der Waals surface area contributed by atoms with E-state index in [1.54, 1.807) is 0 Å². The normalized spacial score (nSPS) is 28.9. The number of hydrogen-bond acceptors (Lipinski definition) is 1. The standard InChI is InChI=1S/C15H26O2/c1-6-12(14(16)17)9-10(2)13-8-7-11(3)15(13,4)5/h11-13H,2,6-9H2,1,3-5H3,(H,16,17). The first kappa shape index (κ1) is 14.3. The van der Waals surface area contributed by atoms with Crippen molar-refractivity contribution in [3.63, 3.8) is 0 Å². The molecule has 2 heteroatoms. The maximum absolute atomic E-state index is 11.1. The summed E-state index contributed by atoms with van der Waals surface area (Å²) in [4.78, 5) is 11.1. The molecule has 3 atom stereocenters. The molecule has 0 amide bonds. The molecule has 0 aromatic heterocycles. The van der Waals surface area contributed by atoms with Crippen LogP contribution in [0.3, 0.4) is 0 Å². The number of carbonyl (C=O) groups is 1. The molecule has 1 saturated carbocycles. The third kappa shape index (κ3) is 2.91. The van der Waals surface area contributed by atoms with Crippen molar-refractivity contribution >= 4 is 5.97 Å². The van der Waals surface area contributed by atoms with Crippen LogP contribution in [0.5, 0.6) is 0 Å². The Kier molecular flexibility index (Phi) is 4.40. The topological polar surface area (TPSA) is 37.3 Å². The fraction of sp³-hybridized carbons (Fsp3) is 0.800. The minimum Gasteiger partial charge on any atom is -0.481 e.